The molecule has 118 valence electrons. The molecule has 3 atom stereocenters. The van der Waals surface area contributed by atoms with Crippen molar-refractivity contribution in [3.8, 4) is 5.75 Å². The van der Waals surface area contributed by atoms with E-state index in [9.17, 15) is 5.11 Å². The predicted molar refractivity (Wildman–Crippen MR) is 83.9 cm³/mol. The molecular formula is C16H20ClN3O2. The van der Waals surface area contributed by atoms with E-state index in [-0.39, 0.29) is 12.0 Å². The monoisotopic (exact) mass is 321 g/mol. The van der Waals surface area contributed by atoms with E-state index >= 15 is 0 Å². The molecule has 3 unspecified atom stereocenters. The van der Waals surface area contributed by atoms with Gasteiger partial charge in [-0.2, -0.15) is 5.10 Å². The number of hydrogen-bond donors (Lipinski definition) is 2. The van der Waals surface area contributed by atoms with Crippen LogP contribution in [0.1, 0.15) is 32.0 Å². The molecule has 0 amide bonds. The highest BCUT2D eigenvalue weighted by Gasteiger charge is 2.46. The van der Waals surface area contributed by atoms with Gasteiger partial charge in [0.05, 0.1) is 0 Å². The molecule has 2 aromatic rings. The van der Waals surface area contributed by atoms with Crippen molar-refractivity contribution < 1.29 is 9.84 Å². The predicted octanol–water partition coefficient (Wildman–Crippen LogP) is 3.00. The lowest BCUT2D eigenvalue weighted by Gasteiger charge is -2.44. The molecule has 1 aliphatic rings. The molecule has 0 aliphatic heterocycles. The molecule has 3 rings (SSSR count). The Bertz CT molecular complexity index is 602. The number of aliphatic hydroxyl groups is 1. The second-order valence-corrected chi connectivity index (χ2v) is 6.43. The van der Waals surface area contributed by atoms with Crippen LogP contribution < -0.4 is 4.74 Å². The van der Waals surface area contributed by atoms with E-state index in [0.717, 1.165) is 25.0 Å². The lowest BCUT2D eigenvalue weighted by molar-refractivity contribution is -0.121. The van der Waals surface area contributed by atoms with Gasteiger partial charge in [-0.1, -0.05) is 18.5 Å². The Morgan fingerprint density at radius 3 is 2.82 bits per heavy atom. The molecular weight excluding hydrogens is 302 g/mol. The number of nitrogens with one attached hydrogen (secondary N) is 1. The van der Waals surface area contributed by atoms with Crippen LogP contribution in [0.5, 0.6) is 5.75 Å². The maximum atomic E-state index is 11.2. The standard InChI is InChI=1S/C16H20ClN3O2/c1-11-3-2-4-14(22-13-7-5-12(17)6-8-13)16(11,21)9-15-18-10-19-20-15/h5-8,10-11,14,21H,2-4,9H2,1H3,(H,18,19,20). The van der Waals surface area contributed by atoms with Gasteiger partial charge in [0.2, 0.25) is 0 Å². The van der Waals surface area contributed by atoms with Crippen LogP contribution in [-0.4, -0.2) is 32.0 Å². The third kappa shape index (κ3) is 3.10. The van der Waals surface area contributed by atoms with E-state index in [0.29, 0.717) is 17.3 Å². The summed E-state index contributed by atoms with van der Waals surface area (Å²) in [6.07, 6.45) is 4.43. The summed E-state index contributed by atoms with van der Waals surface area (Å²) in [6.45, 7) is 2.06. The average molecular weight is 322 g/mol. The van der Waals surface area contributed by atoms with Gasteiger partial charge in [-0.05, 0) is 49.4 Å². The van der Waals surface area contributed by atoms with Crippen molar-refractivity contribution in [3.05, 3.63) is 41.4 Å². The zero-order valence-electron chi connectivity index (χ0n) is 12.5. The number of H-pyrrole nitrogens is 1. The molecule has 2 N–H and O–H groups in total. The highest BCUT2D eigenvalue weighted by Crippen LogP contribution is 2.38. The number of nitrogens with zero attached hydrogens (tertiary/aromatic N) is 2. The van der Waals surface area contributed by atoms with Crippen molar-refractivity contribution in [2.24, 2.45) is 5.92 Å². The topological polar surface area (TPSA) is 71.0 Å². The van der Waals surface area contributed by atoms with Crippen LogP contribution in [0.25, 0.3) is 0 Å². The third-order valence-electron chi connectivity index (χ3n) is 4.52. The van der Waals surface area contributed by atoms with E-state index < -0.39 is 5.60 Å². The van der Waals surface area contributed by atoms with E-state index in [1.807, 2.05) is 12.1 Å². The van der Waals surface area contributed by atoms with Gasteiger partial charge >= 0.3 is 0 Å². The summed E-state index contributed by atoms with van der Waals surface area (Å²) in [5.74, 6) is 1.53. The zero-order valence-corrected chi connectivity index (χ0v) is 13.3. The molecule has 1 fully saturated rings. The minimum atomic E-state index is -0.961. The van der Waals surface area contributed by atoms with E-state index in [1.165, 1.54) is 6.33 Å². The Kier molecular flexibility index (Phi) is 4.36. The van der Waals surface area contributed by atoms with Crippen LogP contribution >= 0.6 is 11.6 Å². The summed E-state index contributed by atoms with van der Waals surface area (Å²) in [6, 6.07) is 7.24. The van der Waals surface area contributed by atoms with E-state index in [1.54, 1.807) is 12.1 Å². The van der Waals surface area contributed by atoms with Gasteiger partial charge in [0, 0.05) is 11.4 Å². The zero-order chi connectivity index (χ0) is 15.6. The second kappa shape index (κ2) is 6.26. The molecule has 0 radical (unpaired) electrons. The highest BCUT2D eigenvalue weighted by molar-refractivity contribution is 6.30. The summed E-state index contributed by atoms with van der Waals surface area (Å²) in [7, 11) is 0. The first-order valence-electron chi connectivity index (χ1n) is 7.57. The third-order valence-corrected chi connectivity index (χ3v) is 4.77. The molecule has 1 aliphatic carbocycles. The number of aromatic amines is 1. The SMILES string of the molecule is CC1CCCC(Oc2ccc(Cl)cc2)C1(O)Cc1ncn[nH]1. The van der Waals surface area contributed by atoms with Crippen LogP contribution in [0, 0.1) is 5.92 Å². The molecule has 22 heavy (non-hydrogen) atoms. The largest absolute Gasteiger partial charge is 0.487 e. The Morgan fingerprint density at radius 1 is 1.36 bits per heavy atom. The van der Waals surface area contributed by atoms with Crippen LogP contribution in [0.15, 0.2) is 30.6 Å². The maximum Gasteiger partial charge on any atom is 0.137 e. The summed E-state index contributed by atoms with van der Waals surface area (Å²) in [5, 5.41) is 18.6. The van der Waals surface area contributed by atoms with Crippen molar-refractivity contribution in [2.75, 3.05) is 0 Å². The normalized spacial score (nSPS) is 28.5. The smallest absolute Gasteiger partial charge is 0.137 e. The molecule has 1 saturated carbocycles. The number of rotatable bonds is 4. The fraction of sp³-hybridized carbons (Fsp3) is 0.500. The fourth-order valence-corrected chi connectivity index (χ4v) is 3.26. The Balaban J connectivity index is 1.81. The molecule has 0 saturated heterocycles. The summed E-state index contributed by atoms with van der Waals surface area (Å²) >= 11 is 5.90. The Labute approximate surface area is 134 Å². The van der Waals surface area contributed by atoms with Gasteiger partial charge < -0.3 is 9.84 Å². The molecule has 0 bridgehead atoms. The molecule has 1 aromatic heterocycles. The first kappa shape index (κ1) is 15.3. The fourth-order valence-electron chi connectivity index (χ4n) is 3.14. The van der Waals surface area contributed by atoms with Crippen LogP contribution in [0.4, 0.5) is 0 Å². The molecule has 1 heterocycles. The minimum Gasteiger partial charge on any atom is -0.487 e. The van der Waals surface area contributed by atoms with Crippen molar-refractivity contribution in [1.29, 1.82) is 0 Å². The highest BCUT2D eigenvalue weighted by atomic mass is 35.5. The van der Waals surface area contributed by atoms with E-state index in [2.05, 4.69) is 22.1 Å². The maximum absolute atomic E-state index is 11.2. The van der Waals surface area contributed by atoms with Crippen LogP contribution in [-0.2, 0) is 6.42 Å². The summed E-state index contributed by atoms with van der Waals surface area (Å²) < 4.78 is 6.07. The number of hydrogen-bond acceptors (Lipinski definition) is 4. The Hall–Kier alpha value is -1.59. The second-order valence-electron chi connectivity index (χ2n) is 5.99. The molecule has 5 nitrogen and oxygen atoms in total. The number of benzene rings is 1. The Morgan fingerprint density at radius 2 is 2.14 bits per heavy atom. The molecule has 6 heteroatoms. The minimum absolute atomic E-state index is 0.128. The molecule has 0 spiro atoms. The number of aromatic nitrogens is 3. The lowest BCUT2D eigenvalue weighted by atomic mass is 9.72. The van der Waals surface area contributed by atoms with Crippen molar-refractivity contribution in [2.45, 2.75) is 44.3 Å². The number of ether oxygens (including phenoxy) is 1. The average Bonchev–Trinajstić information content (AvgIpc) is 2.99. The van der Waals surface area contributed by atoms with Crippen LogP contribution in [0.2, 0.25) is 5.02 Å². The van der Waals surface area contributed by atoms with Crippen LogP contribution in [0.3, 0.4) is 0 Å². The van der Waals surface area contributed by atoms with Gasteiger partial charge in [0.25, 0.3) is 0 Å². The van der Waals surface area contributed by atoms with Gasteiger partial charge in [0.15, 0.2) is 0 Å². The van der Waals surface area contributed by atoms with Crippen molar-refractivity contribution in [1.82, 2.24) is 15.2 Å². The van der Waals surface area contributed by atoms with Gasteiger partial charge in [-0.25, -0.2) is 4.98 Å². The first-order chi connectivity index (χ1) is 10.6. The van der Waals surface area contributed by atoms with E-state index in [4.69, 9.17) is 16.3 Å². The van der Waals surface area contributed by atoms with Gasteiger partial charge in [-0.3, -0.25) is 5.10 Å². The quantitative estimate of drug-likeness (QED) is 0.908. The summed E-state index contributed by atoms with van der Waals surface area (Å²) in [4.78, 5) is 4.14. The van der Waals surface area contributed by atoms with Crippen molar-refractivity contribution in [3.63, 3.8) is 0 Å². The lowest BCUT2D eigenvalue weighted by Crippen LogP contribution is -2.55. The number of halogens is 1. The summed E-state index contributed by atoms with van der Waals surface area (Å²) in [5.41, 5.74) is -0.961. The van der Waals surface area contributed by atoms with Gasteiger partial charge in [-0.15, -0.1) is 0 Å². The van der Waals surface area contributed by atoms with Gasteiger partial charge in [0.1, 0.15) is 29.6 Å². The molecule has 1 aromatic carbocycles. The van der Waals surface area contributed by atoms with Crippen molar-refractivity contribution >= 4 is 11.6 Å². The first-order valence-corrected chi connectivity index (χ1v) is 7.94.